The number of aliphatic hydroxyl groups excluding tert-OH is 4. The average Bonchev–Trinajstić information content (AvgIpc) is 1.60. The Hall–Kier alpha value is -10.0. The van der Waals surface area contributed by atoms with Crippen molar-refractivity contribution < 1.29 is 117 Å². The van der Waals surface area contributed by atoms with Gasteiger partial charge in [-0.2, -0.15) is 67.6 Å². The van der Waals surface area contributed by atoms with E-state index in [-0.39, 0.29) is 90.1 Å². The number of nitrogens with one attached hydrogen (secondary N) is 6. The predicted molar refractivity (Wildman–Crippen MR) is 444 cm³/mol. The van der Waals surface area contributed by atoms with E-state index in [9.17, 15) is 117 Å². The molecule has 0 saturated carbocycles. The molecular weight excluding hydrogens is 1840 g/mol. The van der Waals surface area contributed by atoms with E-state index in [2.05, 4.69) is 91.4 Å². The molecule has 0 spiro atoms. The Kier molecular flexibility index (Phi) is 35.9. The van der Waals surface area contributed by atoms with E-state index in [0.29, 0.717) is 16.6 Å². The number of hydrogen-bond donors (Lipinski definition) is 10. The van der Waals surface area contributed by atoms with Crippen molar-refractivity contribution in [2.45, 2.75) is 227 Å². The highest BCUT2D eigenvalue weighted by atomic mass is 35.5. The van der Waals surface area contributed by atoms with Gasteiger partial charge in [0, 0.05) is 96.6 Å². The number of alkyl halides is 12. The fourth-order valence-electron chi connectivity index (χ4n) is 11.4. The molecule has 10 N–H and O–H groups in total. The first-order chi connectivity index (χ1) is 59.0. The normalized spacial score (nSPS) is 14.7. The number of aldehydes is 1. The van der Waals surface area contributed by atoms with Crippen molar-refractivity contribution in [2.75, 3.05) is 26.6 Å². The van der Waals surface area contributed by atoms with Gasteiger partial charge in [-0.1, -0.05) is 122 Å². The van der Waals surface area contributed by atoms with E-state index < -0.39 is 177 Å². The molecule has 10 rings (SSSR count). The van der Waals surface area contributed by atoms with E-state index in [0.717, 1.165) is 71.5 Å². The van der Waals surface area contributed by atoms with Crippen molar-refractivity contribution in [3.8, 4) is 22.8 Å². The van der Waals surface area contributed by atoms with E-state index >= 15 is 0 Å². The lowest BCUT2D eigenvalue weighted by Gasteiger charge is -2.34. The molecule has 0 radical (unpaired) electrons. The van der Waals surface area contributed by atoms with Gasteiger partial charge in [0.15, 0.2) is 99.9 Å². The van der Waals surface area contributed by atoms with Gasteiger partial charge in [0.25, 0.3) is 10.0 Å². The molecule has 49 heteroatoms. The minimum Gasteiger partial charge on any atom is -0.384 e. The van der Waals surface area contributed by atoms with Gasteiger partial charge >= 0.3 is 24.7 Å². The lowest BCUT2D eigenvalue weighted by atomic mass is 9.83. The zero-order chi connectivity index (χ0) is 97.8. The molecule has 710 valence electrons. The molecule has 0 amide bonds. The standard InChI is InChI=1S/C26H26F5N5O3S.C19H20F5N5O.2C12H16ClF4N3O.C11H15ClFN3O/c1-14-5-7-16(8-6-14)40(38,39)36-13-18(17-9-15(27)11-33-24(17)36)22-32-12-19(28)23(35-22)34-20(25(2,3)4)10-21(37)26(29,30)31;1-18(2,3)13(5-14(30)19(22,23)24)28-17-12(21)8-27-16(29-17)11-7-26-15-10(11)4-9(20)6-25-15;2*1-11(2,3)7(4-8(21)12(15,16)17)19-9-6(14)5-18-10(13)20-9;1-11(2,3)8(4-5-17)15-9-7(13)6-14-10(12)16-9/h5-9,11-13,20-21,37H,10H2,1-4H3,(H,32,34,35);4,6-8,13-14,30H,5H2,1-3H3,(H,25,26)(H,27,28,29);2*5,7-8,21H,4H2,1-3H3,(H,18,19,20);5-6,8H,4H2,1-3H3,(H,14,15,16)/t20-,21?;13-,14?;2*7-,8?;8-/m11111/s1. The maximum Gasteiger partial charge on any atom is 0.414 e. The topological polar surface area (TPSA) is 368 Å². The van der Waals surface area contributed by atoms with Gasteiger partial charge in [-0.05, 0) is 93.1 Å². The molecule has 129 heavy (non-hydrogen) atoms. The smallest absolute Gasteiger partial charge is 0.384 e. The Morgan fingerprint density at radius 1 is 0.411 bits per heavy atom. The summed E-state index contributed by atoms with van der Waals surface area (Å²) in [6.07, 6.45) is -22.5. The van der Waals surface area contributed by atoms with E-state index in [1.54, 1.807) is 102 Å². The van der Waals surface area contributed by atoms with Crippen LogP contribution in [0.2, 0.25) is 15.9 Å². The number of aryl methyl sites for hydroxylation is 1. The molecule has 0 fully saturated rings. The number of aliphatic hydroxyl groups is 4. The molecule has 9 atom stereocenters. The van der Waals surface area contributed by atoms with Gasteiger partial charge in [0.2, 0.25) is 15.9 Å². The minimum atomic E-state index is -4.89. The van der Waals surface area contributed by atoms with Crippen molar-refractivity contribution in [1.29, 1.82) is 0 Å². The summed E-state index contributed by atoms with van der Waals surface area (Å²) < 4.78 is 278. The summed E-state index contributed by atoms with van der Waals surface area (Å²) in [6, 6.07) is 4.21. The van der Waals surface area contributed by atoms with Crippen molar-refractivity contribution in [1.82, 2.24) is 68.8 Å². The summed E-state index contributed by atoms with van der Waals surface area (Å²) in [5.74, 6) is -7.10. The maximum absolute atomic E-state index is 14.8. The number of halogens is 22. The molecule has 26 nitrogen and oxygen atoms in total. The Bertz CT molecular complexity index is 5450. The molecule has 0 bridgehead atoms. The van der Waals surface area contributed by atoms with Crippen LogP contribution in [0.1, 0.15) is 142 Å². The van der Waals surface area contributed by atoms with Crippen LogP contribution in [-0.4, -0.2) is 183 Å². The monoisotopic (exact) mass is 1930 g/mol. The summed E-state index contributed by atoms with van der Waals surface area (Å²) in [5.41, 5.74) is -1.82. The average molecular weight is 1930 g/mol. The molecule has 0 aliphatic carbocycles. The second-order valence-corrected chi connectivity index (χ2v) is 37.4. The van der Waals surface area contributed by atoms with Gasteiger partial charge < -0.3 is 56.8 Å². The molecule has 0 saturated heterocycles. The van der Waals surface area contributed by atoms with Crippen LogP contribution in [0.15, 0.2) is 97.1 Å². The number of carbonyl (C=O) groups is 1. The largest absolute Gasteiger partial charge is 0.414 e. The van der Waals surface area contributed by atoms with Crippen LogP contribution in [0.3, 0.4) is 0 Å². The number of rotatable bonds is 24. The summed E-state index contributed by atoms with van der Waals surface area (Å²) in [7, 11) is -4.21. The number of anilines is 5. The molecular formula is C80H93Cl3F19N19O7S. The first-order valence-corrected chi connectivity index (χ1v) is 41.0. The first-order valence-electron chi connectivity index (χ1n) is 38.5. The number of benzene rings is 1. The zero-order valence-electron chi connectivity index (χ0n) is 71.5. The van der Waals surface area contributed by atoms with Crippen LogP contribution < -0.4 is 26.6 Å². The number of aromatic amines is 1. The number of nitrogens with zero attached hydrogens (tertiary/aromatic N) is 13. The van der Waals surface area contributed by atoms with E-state index in [1.165, 1.54) is 24.4 Å². The van der Waals surface area contributed by atoms with E-state index in [1.807, 2.05) is 20.8 Å². The number of aromatic nitrogens is 14. The highest BCUT2D eigenvalue weighted by molar-refractivity contribution is 7.90. The molecule has 0 aliphatic heterocycles. The van der Waals surface area contributed by atoms with Crippen LogP contribution in [0, 0.1) is 74.7 Å². The van der Waals surface area contributed by atoms with Crippen LogP contribution >= 0.6 is 34.8 Å². The molecule has 9 aromatic heterocycles. The third kappa shape index (κ3) is 31.4. The van der Waals surface area contributed by atoms with Crippen LogP contribution in [0.4, 0.5) is 113 Å². The highest BCUT2D eigenvalue weighted by Gasteiger charge is 2.46. The predicted octanol–water partition coefficient (Wildman–Crippen LogP) is 19.4. The summed E-state index contributed by atoms with van der Waals surface area (Å²) >= 11 is 16.7. The minimum absolute atomic E-state index is 0.00751. The Morgan fingerprint density at radius 2 is 0.705 bits per heavy atom. The van der Waals surface area contributed by atoms with Crippen LogP contribution in [0.5, 0.6) is 0 Å². The quantitative estimate of drug-likeness (QED) is 0.0153. The number of hydrogen-bond acceptors (Lipinski definition) is 24. The van der Waals surface area contributed by atoms with Gasteiger partial charge in [-0.3, -0.25) is 0 Å². The lowest BCUT2D eigenvalue weighted by Crippen LogP contribution is -2.42. The van der Waals surface area contributed by atoms with Gasteiger partial charge in [0.1, 0.15) is 23.6 Å². The third-order valence-electron chi connectivity index (χ3n) is 19.2. The molecule has 1 aromatic carbocycles. The van der Waals surface area contributed by atoms with E-state index in [4.69, 9.17) is 34.8 Å². The number of H-pyrrole nitrogens is 1. The van der Waals surface area contributed by atoms with Crippen LogP contribution in [0.25, 0.3) is 44.8 Å². The lowest BCUT2D eigenvalue weighted by molar-refractivity contribution is -0.207. The third-order valence-corrected chi connectivity index (χ3v) is 21.4. The molecule has 9 heterocycles. The SMILES string of the molecule is CC(C)(C)[C@@H](CC(O)C(F)(F)F)Nc1nc(-c2c[nH]c3ncc(F)cc23)ncc1F.CC(C)(C)[C@@H](CC(O)C(F)(F)F)Nc1nc(Cl)ncc1F.CC(C)(C)[C@@H](CC(O)C(F)(F)F)Nc1nc(Cl)ncc1F.CC(C)(C)[C@@H](CC=O)Nc1nc(Cl)ncc1F.Cc1ccc(S(=O)(=O)n2cc(-c3ncc(F)c(N[C@H](CC(O)C(F)(F)F)C(C)(C)C)n3)c3cc(F)cnc32)cc1. The van der Waals surface area contributed by atoms with Gasteiger partial charge in [-0.15, -0.1) is 0 Å². The Morgan fingerprint density at radius 3 is 1.02 bits per heavy atom. The fraction of sp³-hybridized carbons (Fsp3) is 0.487. The Balaban J connectivity index is 0.000000258. The van der Waals surface area contributed by atoms with Crippen molar-refractivity contribution in [2.24, 2.45) is 27.1 Å². The van der Waals surface area contributed by atoms with Crippen molar-refractivity contribution in [3.63, 3.8) is 0 Å². The second kappa shape index (κ2) is 42.9. The molecule has 0 aliphatic rings. The molecule has 10 aromatic rings. The summed E-state index contributed by atoms with van der Waals surface area (Å²) in [5, 5.41) is 50.7. The fourth-order valence-corrected chi connectivity index (χ4v) is 13.2. The van der Waals surface area contributed by atoms with Crippen molar-refractivity contribution in [3.05, 3.63) is 154 Å². The number of carbonyl (C=O) groups excluding carboxylic acids is 1. The zero-order valence-corrected chi connectivity index (χ0v) is 74.6. The molecule has 4 unspecified atom stereocenters. The van der Waals surface area contributed by atoms with Gasteiger partial charge in [0.05, 0.1) is 48.3 Å². The van der Waals surface area contributed by atoms with Crippen molar-refractivity contribution >= 4 is 102 Å². The summed E-state index contributed by atoms with van der Waals surface area (Å²) in [4.78, 5) is 58.6. The second-order valence-electron chi connectivity index (χ2n) is 34.6. The van der Waals surface area contributed by atoms with Crippen LogP contribution in [-0.2, 0) is 14.8 Å². The highest BCUT2D eigenvalue weighted by Crippen LogP contribution is 2.40. The maximum atomic E-state index is 14.8. The number of fused-ring (bicyclic) bond motifs is 2. The van der Waals surface area contributed by atoms with Gasteiger partial charge in [-0.25, -0.2) is 88.0 Å². The first kappa shape index (κ1) is 108. The Labute approximate surface area is 742 Å². The summed E-state index contributed by atoms with van der Waals surface area (Å²) in [6.45, 7) is 27.4. The number of pyridine rings is 2.